The molecule has 10 nitrogen and oxygen atoms in total. The van der Waals surface area contributed by atoms with E-state index in [1.165, 1.54) is 23.1 Å². The molecule has 0 spiro atoms. The van der Waals surface area contributed by atoms with E-state index in [4.69, 9.17) is 9.15 Å². The number of furan rings is 1. The van der Waals surface area contributed by atoms with Gasteiger partial charge in [-0.25, -0.2) is 22.3 Å². The number of hydrogen-bond acceptors (Lipinski definition) is 7. The summed E-state index contributed by atoms with van der Waals surface area (Å²) in [6.45, 7) is 6.23. The van der Waals surface area contributed by atoms with E-state index in [2.05, 4.69) is 5.32 Å². The van der Waals surface area contributed by atoms with Crippen LogP contribution in [0.25, 0.3) is 11.0 Å². The normalized spacial score (nSPS) is 15.9. The highest BCUT2D eigenvalue weighted by Gasteiger charge is 2.33. The van der Waals surface area contributed by atoms with Crippen molar-refractivity contribution in [2.45, 2.75) is 44.2 Å². The van der Waals surface area contributed by atoms with Crippen molar-refractivity contribution in [1.29, 1.82) is 0 Å². The lowest BCUT2D eigenvalue weighted by Crippen LogP contribution is -2.37. The van der Waals surface area contributed by atoms with Gasteiger partial charge in [-0.05, 0) is 57.0 Å². The van der Waals surface area contributed by atoms with E-state index >= 15 is 0 Å². The Labute approximate surface area is 219 Å². The fourth-order valence-electron chi connectivity index (χ4n) is 3.99. The van der Waals surface area contributed by atoms with Crippen molar-refractivity contribution in [3.63, 3.8) is 0 Å². The first-order chi connectivity index (χ1) is 17.8. The quantitative estimate of drug-likeness (QED) is 0.484. The predicted molar refractivity (Wildman–Crippen MR) is 135 cm³/mol. The Morgan fingerprint density at radius 3 is 2.58 bits per heavy atom. The first kappa shape index (κ1) is 27.1. The summed E-state index contributed by atoms with van der Waals surface area (Å²) < 4.78 is 51.4. The standard InChI is InChI=1S/C26H28FN3O7S/c1-26(2,3)37-25(33)30-11-10-18(15-30)23(31)28-14-16-8-9-17-13-21(36-20(17)12-16)24(32)29-38(34,35)22-7-5-4-6-19(22)27/h4-9,12-13,18H,10-11,14-15H2,1-3H3,(H,28,31)(H,29,32). The molecular weight excluding hydrogens is 517 g/mol. The van der Waals surface area contributed by atoms with E-state index in [9.17, 15) is 27.2 Å². The van der Waals surface area contributed by atoms with Gasteiger partial charge in [0.15, 0.2) is 5.76 Å². The van der Waals surface area contributed by atoms with Crippen LogP contribution in [-0.4, -0.2) is 49.9 Å². The van der Waals surface area contributed by atoms with Gasteiger partial charge in [0, 0.05) is 25.0 Å². The van der Waals surface area contributed by atoms with Crippen molar-refractivity contribution in [2.75, 3.05) is 13.1 Å². The first-order valence-electron chi connectivity index (χ1n) is 11.9. The maximum absolute atomic E-state index is 13.9. The molecule has 2 heterocycles. The summed E-state index contributed by atoms with van der Waals surface area (Å²) in [6, 6.07) is 11.1. The Kier molecular flexibility index (Phi) is 7.45. The molecule has 3 amide bonds. The SMILES string of the molecule is CC(C)(C)OC(=O)N1CCC(C(=O)NCc2ccc3cc(C(=O)NS(=O)(=O)c4ccccc4F)oc3c2)C1. The average Bonchev–Trinajstić information content (AvgIpc) is 3.49. The second-order valence-corrected chi connectivity index (χ2v) is 11.6. The van der Waals surface area contributed by atoms with Crippen LogP contribution in [0.2, 0.25) is 0 Å². The van der Waals surface area contributed by atoms with Gasteiger partial charge in [0.1, 0.15) is 21.9 Å². The number of hydrogen-bond donors (Lipinski definition) is 2. The summed E-state index contributed by atoms with van der Waals surface area (Å²) >= 11 is 0. The van der Waals surface area contributed by atoms with Crippen molar-refractivity contribution in [2.24, 2.45) is 5.92 Å². The van der Waals surface area contributed by atoms with Crippen molar-refractivity contribution in [1.82, 2.24) is 14.9 Å². The molecule has 2 aromatic carbocycles. The highest BCUT2D eigenvalue weighted by atomic mass is 32.2. The Morgan fingerprint density at radius 2 is 1.87 bits per heavy atom. The van der Waals surface area contributed by atoms with Crippen molar-refractivity contribution in [3.8, 4) is 0 Å². The molecule has 4 rings (SSSR count). The van der Waals surface area contributed by atoms with Crippen LogP contribution in [0.3, 0.4) is 0 Å². The Hall–Kier alpha value is -3.93. The van der Waals surface area contributed by atoms with Gasteiger partial charge in [0.05, 0.1) is 5.92 Å². The van der Waals surface area contributed by atoms with Gasteiger partial charge in [0.25, 0.3) is 10.0 Å². The molecule has 1 fully saturated rings. The van der Waals surface area contributed by atoms with Gasteiger partial charge in [-0.15, -0.1) is 0 Å². The number of amides is 3. The second-order valence-electron chi connectivity index (χ2n) is 9.98. The first-order valence-corrected chi connectivity index (χ1v) is 13.4. The summed E-state index contributed by atoms with van der Waals surface area (Å²) in [5.41, 5.74) is 0.381. The molecule has 2 N–H and O–H groups in total. The molecule has 0 bridgehead atoms. The van der Waals surface area contributed by atoms with Gasteiger partial charge in [-0.1, -0.05) is 24.3 Å². The molecule has 0 radical (unpaired) electrons. The summed E-state index contributed by atoms with van der Waals surface area (Å²) in [6.07, 6.45) is 0.0777. The maximum atomic E-state index is 13.9. The number of rotatable bonds is 6. The predicted octanol–water partition coefficient (Wildman–Crippen LogP) is 3.56. The molecule has 0 saturated carbocycles. The lowest BCUT2D eigenvalue weighted by molar-refractivity contribution is -0.124. The van der Waals surface area contributed by atoms with Crippen LogP contribution >= 0.6 is 0 Å². The third-order valence-electron chi connectivity index (χ3n) is 5.84. The molecule has 3 aromatic rings. The number of carbonyl (C=O) groups excluding carboxylic acids is 3. The van der Waals surface area contributed by atoms with Gasteiger partial charge in [0.2, 0.25) is 5.91 Å². The Morgan fingerprint density at radius 1 is 1.13 bits per heavy atom. The number of sulfonamides is 1. The van der Waals surface area contributed by atoms with Gasteiger partial charge in [-0.2, -0.15) is 0 Å². The van der Waals surface area contributed by atoms with E-state index in [0.717, 1.165) is 12.1 Å². The lowest BCUT2D eigenvalue weighted by atomic mass is 10.1. The average molecular weight is 546 g/mol. The topological polar surface area (TPSA) is 135 Å². The van der Waals surface area contributed by atoms with Crippen molar-refractivity contribution < 1.29 is 36.3 Å². The maximum Gasteiger partial charge on any atom is 0.410 e. The van der Waals surface area contributed by atoms with Crippen LogP contribution in [0, 0.1) is 11.7 Å². The molecule has 38 heavy (non-hydrogen) atoms. The van der Waals surface area contributed by atoms with Gasteiger partial charge >= 0.3 is 12.0 Å². The number of fused-ring (bicyclic) bond motifs is 1. The zero-order valence-corrected chi connectivity index (χ0v) is 21.9. The molecule has 12 heteroatoms. The highest BCUT2D eigenvalue weighted by molar-refractivity contribution is 7.90. The van der Waals surface area contributed by atoms with Gasteiger partial charge < -0.3 is 19.4 Å². The Balaban J connectivity index is 1.36. The number of nitrogens with one attached hydrogen (secondary N) is 2. The molecular formula is C26H28FN3O7S. The minimum atomic E-state index is -4.44. The number of likely N-dealkylation sites (tertiary alicyclic amines) is 1. The van der Waals surface area contributed by atoms with E-state index < -0.39 is 38.3 Å². The molecule has 0 aliphatic carbocycles. The largest absolute Gasteiger partial charge is 0.451 e. The van der Waals surface area contributed by atoms with Crippen LogP contribution in [0.5, 0.6) is 0 Å². The van der Waals surface area contributed by atoms with E-state index in [1.54, 1.807) is 43.7 Å². The third kappa shape index (κ3) is 6.31. The van der Waals surface area contributed by atoms with Crippen LogP contribution in [-0.2, 0) is 26.1 Å². The number of benzene rings is 2. The number of halogens is 1. The van der Waals surface area contributed by atoms with E-state index in [0.29, 0.717) is 29.5 Å². The third-order valence-corrected chi connectivity index (χ3v) is 7.20. The molecule has 202 valence electrons. The minimum Gasteiger partial charge on any atom is -0.451 e. The van der Waals surface area contributed by atoms with Crippen LogP contribution < -0.4 is 10.0 Å². The fourth-order valence-corrected chi connectivity index (χ4v) is 5.02. The molecule has 1 aliphatic rings. The van der Waals surface area contributed by atoms with E-state index in [1.807, 2.05) is 0 Å². The fraction of sp³-hybridized carbons (Fsp3) is 0.346. The molecule has 1 aromatic heterocycles. The number of nitrogens with zero attached hydrogens (tertiary/aromatic N) is 1. The highest BCUT2D eigenvalue weighted by Crippen LogP contribution is 2.23. The van der Waals surface area contributed by atoms with Crippen LogP contribution in [0.1, 0.15) is 43.3 Å². The number of ether oxygens (including phenoxy) is 1. The molecule has 1 saturated heterocycles. The van der Waals surface area contributed by atoms with Crippen LogP contribution in [0.4, 0.5) is 9.18 Å². The van der Waals surface area contributed by atoms with E-state index in [-0.39, 0.29) is 30.7 Å². The zero-order valence-electron chi connectivity index (χ0n) is 21.1. The monoisotopic (exact) mass is 545 g/mol. The van der Waals surface area contributed by atoms with Crippen molar-refractivity contribution >= 4 is 38.9 Å². The summed E-state index contributed by atoms with van der Waals surface area (Å²) in [5.74, 6) is -2.86. The van der Waals surface area contributed by atoms with Crippen LogP contribution in [0.15, 0.2) is 57.8 Å². The Bertz CT molecular complexity index is 1490. The molecule has 1 aliphatic heterocycles. The van der Waals surface area contributed by atoms with Crippen molar-refractivity contribution in [3.05, 3.63) is 65.7 Å². The smallest absolute Gasteiger partial charge is 0.410 e. The summed E-state index contributed by atoms with van der Waals surface area (Å²) in [4.78, 5) is 38.3. The second kappa shape index (κ2) is 10.4. The summed E-state index contributed by atoms with van der Waals surface area (Å²) in [7, 11) is -4.44. The molecule has 1 unspecified atom stereocenters. The molecule has 1 atom stereocenters. The lowest BCUT2D eigenvalue weighted by Gasteiger charge is -2.24. The minimum absolute atomic E-state index is 0.182. The number of carbonyl (C=O) groups is 3. The summed E-state index contributed by atoms with van der Waals surface area (Å²) in [5, 5.41) is 3.38. The van der Waals surface area contributed by atoms with Gasteiger partial charge in [-0.3, -0.25) is 9.59 Å². The zero-order chi connectivity index (χ0) is 27.7.